The first kappa shape index (κ1) is 8.66. The van der Waals surface area contributed by atoms with Crippen LogP contribution in [0.3, 0.4) is 0 Å². The Kier molecular flexibility index (Phi) is 2.76. The topological polar surface area (TPSA) is 89.6 Å². The summed E-state index contributed by atoms with van der Waals surface area (Å²) in [5.41, 5.74) is 11.2. The van der Waals surface area contributed by atoms with Crippen molar-refractivity contribution in [2.45, 2.75) is 6.54 Å². The molecule has 0 aliphatic rings. The number of hydrogen-bond acceptors (Lipinski definition) is 4. The average Bonchev–Trinajstić information content (AvgIpc) is 2.36. The van der Waals surface area contributed by atoms with Gasteiger partial charge >= 0.3 is 0 Å². The van der Waals surface area contributed by atoms with Gasteiger partial charge in [-0.15, -0.1) is 11.3 Å². The van der Waals surface area contributed by atoms with E-state index in [1.165, 1.54) is 11.3 Å². The molecule has 1 rings (SSSR count). The Hall–Kier alpha value is -1.43. The van der Waals surface area contributed by atoms with Crippen LogP contribution in [0.25, 0.3) is 0 Å². The van der Waals surface area contributed by atoms with Crippen LogP contribution >= 0.6 is 11.3 Å². The third kappa shape index (κ3) is 2.31. The summed E-state index contributed by atoms with van der Waals surface area (Å²) in [4.78, 5) is 11.5. The van der Waals surface area contributed by atoms with Gasteiger partial charge in [0, 0.05) is 6.81 Å². The summed E-state index contributed by atoms with van der Waals surface area (Å²) in [6.07, 6.45) is 0. The Labute approximate surface area is 75.3 Å². The van der Waals surface area contributed by atoms with Crippen LogP contribution in [-0.4, -0.2) is 17.7 Å². The van der Waals surface area contributed by atoms with Crippen LogP contribution in [0.2, 0.25) is 0 Å². The highest BCUT2D eigenvalue weighted by molar-refractivity contribution is 7.13. The molecule has 66 valence electrons. The minimum atomic E-state index is 0. The molecule has 0 amide bonds. The first-order valence-corrected chi connectivity index (χ1v) is 4.07. The fraction of sp³-hybridized carbons (Fsp3) is 0.167. The quantitative estimate of drug-likeness (QED) is 0.530. The van der Waals surface area contributed by atoms with Crippen molar-refractivity contribution in [3.63, 3.8) is 0 Å². The van der Waals surface area contributed by atoms with E-state index in [9.17, 15) is 0 Å². The Morgan fingerprint density at radius 1 is 1.75 bits per heavy atom. The SMILES string of the molecule is C=NCc1csc(N=C(N)N)n1.[HH]. The Balaban J connectivity index is 0.00000144. The van der Waals surface area contributed by atoms with E-state index >= 15 is 0 Å². The molecule has 0 aliphatic heterocycles. The molecule has 1 aromatic heterocycles. The van der Waals surface area contributed by atoms with E-state index in [2.05, 4.69) is 21.7 Å². The highest BCUT2D eigenvalue weighted by atomic mass is 32.1. The highest BCUT2D eigenvalue weighted by Crippen LogP contribution is 2.18. The molecule has 0 unspecified atom stereocenters. The number of nitrogens with zero attached hydrogens (tertiary/aromatic N) is 3. The van der Waals surface area contributed by atoms with Crippen LogP contribution in [-0.2, 0) is 6.54 Å². The van der Waals surface area contributed by atoms with Crippen LogP contribution in [0.5, 0.6) is 0 Å². The first-order chi connectivity index (χ1) is 5.72. The lowest BCUT2D eigenvalue weighted by Gasteiger charge is -1.86. The summed E-state index contributed by atoms with van der Waals surface area (Å²) < 4.78 is 0. The zero-order valence-corrected chi connectivity index (χ0v) is 7.21. The van der Waals surface area contributed by atoms with Crippen LogP contribution in [0.15, 0.2) is 15.4 Å². The van der Waals surface area contributed by atoms with Gasteiger partial charge in [-0.3, -0.25) is 4.99 Å². The van der Waals surface area contributed by atoms with Crippen molar-refractivity contribution in [2.75, 3.05) is 0 Å². The molecule has 0 aromatic carbocycles. The summed E-state index contributed by atoms with van der Waals surface area (Å²) in [6.45, 7) is 3.85. The number of aliphatic imine (C=N–C) groups is 2. The van der Waals surface area contributed by atoms with Crippen LogP contribution < -0.4 is 11.5 Å². The largest absolute Gasteiger partial charge is 0.370 e. The molecule has 1 aromatic rings. The molecule has 5 nitrogen and oxygen atoms in total. The van der Waals surface area contributed by atoms with Crippen LogP contribution in [0.1, 0.15) is 7.12 Å². The average molecular weight is 185 g/mol. The molecule has 0 aliphatic carbocycles. The second kappa shape index (κ2) is 3.82. The molecule has 0 bridgehead atoms. The van der Waals surface area contributed by atoms with E-state index in [1.54, 1.807) is 0 Å². The highest BCUT2D eigenvalue weighted by Gasteiger charge is 1.98. The maximum absolute atomic E-state index is 5.17. The van der Waals surface area contributed by atoms with Gasteiger partial charge in [-0.1, -0.05) is 0 Å². The second-order valence-electron chi connectivity index (χ2n) is 2.04. The fourth-order valence-corrected chi connectivity index (χ4v) is 1.34. The van der Waals surface area contributed by atoms with Crippen LogP contribution in [0, 0.1) is 0 Å². The van der Waals surface area contributed by atoms with E-state index < -0.39 is 0 Å². The molecule has 1 heterocycles. The van der Waals surface area contributed by atoms with E-state index in [1.807, 2.05) is 5.38 Å². The standard InChI is InChI=1S/C6H9N5S.H2/c1-9-2-4-3-12-6(10-4)11-5(7)8;/h3H,1-2H2,(H4,7,8,10,11);1H. The molecular formula is C6H11N5S. The van der Waals surface area contributed by atoms with Gasteiger partial charge in [0.15, 0.2) is 5.96 Å². The zero-order valence-electron chi connectivity index (χ0n) is 6.40. The van der Waals surface area contributed by atoms with Crippen molar-refractivity contribution in [2.24, 2.45) is 21.5 Å². The van der Waals surface area contributed by atoms with Gasteiger partial charge in [0.05, 0.1) is 12.2 Å². The Bertz CT molecular complexity index is 304. The Morgan fingerprint density at radius 3 is 3.08 bits per heavy atom. The third-order valence-electron chi connectivity index (χ3n) is 1.04. The lowest BCUT2D eigenvalue weighted by molar-refractivity contribution is 1.02. The maximum Gasteiger partial charge on any atom is 0.212 e. The first-order valence-electron chi connectivity index (χ1n) is 3.19. The fourth-order valence-electron chi connectivity index (χ4n) is 0.645. The summed E-state index contributed by atoms with van der Waals surface area (Å²) in [7, 11) is 0. The second-order valence-corrected chi connectivity index (χ2v) is 2.88. The molecule has 6 heteroatoms. The van der Waals surface area contributed by atoms with E-state index in [4.69, 9.17) is 11.5 Å². The van der Waals surface area contributed by atoms with E-state index in [0.29, 0.717) is 11.7 Å². The van der Waals surface area contributed by atoms with Crippen molar-refractivity contribution in [3.05, 3.63) is 11.1 Å². The van der Waals surface area contributed by atoms with Crippen molar-refractivity contribution < 1.29 is 1.43 Å². The van der Waals surface area contributed by atoms with Gasteiger partial charge < -0.3 is 11.5 Å². The van der Waals surface area contributed by atoms with Crippen molar-refractivity contribution in [1.82, 2.24) is 4.98 Å². The van der Waals surface area contributed by atoms with Gasteiger partial charge in [0.25, 0.3) is 0 Å². The van der Waals surface area contributed by atoms with Gasteiger partial charge in [-0.25, -0.2) is 4.98 Å². The number of thiazole rings is 1. The lowest BCUT2D eigenvalue weighted by atomic mass is 10.5. The minimum absolute atomic E-state index is 0. The molecule has 0 saturated carbocycles. The summed E-state index contributed by atoms with van der Waals surface area (Å²) in [5, 5.41) is 2.39. The molecule has 0 atom stereocenters. The predicted molar refractivity (Wildman–Crippen MR) is 53.0 cm³/mol. The zero-order chi connectivity index (χ0) is 8.97. The molecule has 4 N–H and O–H groups in total. The van der Waals surface area contributed by atoms with Crippen molar-refractivity contribution in [3.8, 4) is 0 Å². The van der Waals surface area contributed by atoms with Gasteiger partial charge in [-0.05, 0) is 6.72 Å². The van der Waals surface area contributed by atoms with Crippen LogP contribution in [0.4, 0.5) is 5.13 Å². The van der Waals surface area contributed by atoms with Gasteiger partial charge in [0.1, 0.15) is 0 Å². The molecule has 12 heavy (non-hydrogen) atoms. The molecule has 0 spiro atoms. The maximum atomic E-state index is 5.17. The normalized spacial score (nSPS) is 9.33. The summed E-state index contributed by atoms with van der Waals surface area (Å²) in [6, 6.07) is 0. The van der Waals surface area contributed by atoms with Crippen molar-refractivity contribution >= 4 is 29.1 Å². The number of guanidine groups is 1. The van der Waals surface area contributed by atoms with Gasteiger partial charge in [0.2, 0.25) is 5.13 Å². The number of hydrogen-bond donors (Lipinski definition) is 2. The van der Waals surface area contributed by atoms with E-state index in [0.717, 1.165) is 5.69 Å². The lowest BCUT2D eigenvalue weighted by Crippen LogP contribution is -2.21. The minimum Gasteiger partial charge on any atom is -0.370 e. The van der Waals surface area contributed by atoms with Crippen molar-refractivity contribution in [1.29, 1.82) is 0 Å². The summed E-state index contributed by atoms with van der Waals surface area (Å²) in [5.74, 6) is 0.0162. The monoisotopic (exact) mass is 185 g/mol. The summed E-state index contributed by atoms with van der Waals surface area (Å²) >= 11 is 1.37. The van der Waals surface area contributed by atoms with Gasteiger partial charge in [-0.2, -0.15) is 4.99 Å². The number of aromatic nitrogens is 1. The Morgan fingerprint density at radius 2 is 2.50 bits per heavy atom. The number of nitrogens with two attached hydrogens (primary N) is 2. The van der Waals surface area contributed by atoms with E-state index in [-0.39, 0.29) is 7.39 Å². The molecule has 0 fully saturated rings. The molecular weight excluding hydrogens is 174 g/mol. The molecule has 0 radical (unpaired) electrons. The smallest absolute Gasteiger partial charge is 0.212 e. The predicted octanol–water partition coefficient (Wildman–Crippen LogP) is 0.495. The third-order valence-corrected chi connectivity index (χ3v) is 1.82. The number of rotatable bonds is 3. The molecule has 0 saturated heterocycles.